The van der Waals surface area contributed by atoms with Gasteiger partial charge in [0.15, 0.2) is 0 Å². The van der Waals surface area contributed by atoms with E-state index in [9.17, 15) is 0 Å². The molecule has 0 aliphatic carbocycles. The number of nitrogens with zero attached hydrogens (tertiary/aromatic N) is 2. The standard InChI is InChI=1S/C15H15N3/c1-10-3-5-11(6-4-10)13-8-15-12(7-14(13)16)9-17-18(15)2/h3-9H,16H2,1-2H3. The Morgan fingerprint density at radius 2 is 1.83 bits per heavy atom. The second-order valence-electron chi connectivity index (χ2n) is 4.63. The molecule has 0 atom stereocenters. The summed E-state index contributed by atoms with van der Waals surface area (Å²) in [6, 6.07) is 12.5. The van der Waals surface area contributed by atoms with Crippen molar-refractivity contribution in [2.45, 2.75) is 6.92 Å². The van der Waals surface area contributed by atoms with Gasteiger partial charge in [0.05, 0.1) is 11.7 Å². The fourth-order valence-electron chi connectivity index (χ4n) is 2.20. The Morgan fingerprint density at radius 1 is 1.11 bits per heavy atom. The Morgan fingerprint density at radius 3 is 2.56 bits per heavy atom. The molecule has 1 heterocycles. The SMILES string of the molecule is Cc1ccc(-c2cc3c(cnn3C)cc2N)cc1. The van der Waals surface area contributed by atoms with Crippen LogP contribution in [0.1, 0.15) is 5.56 Å². The first kappa shape index (κ1) is 10.8. The average molecular weight is 237 g/mol. The van der Waals surface area contributed by atoms with Gasteiger partial charge < -0.3 is 5.73 Å². The van der Waals surface area contributed by atoms with Crippen LogP contribution in [-0.2, 0) is 7.05 Å². The van der Waals surface area contributed by atoms with Crippen LogP contribution in [0.2, 0.25) is 0 Å². The van der Waals surface area contributed by atoms with Crippen molar-refractivity contribution < 1.29 is 0 Å². The molecule has 3 heteroatoms. The third-order valence-corrected chi connectivity index (χ3v) is 3.28. The van der Waals surface area contributed by atoms with E-state index in [1.54, 1.807) is 0 Å². The van der Waals surface area contributed by atoms with E-state index in [4.69, 9.17) is 5.73 Å². The minimum absolute atomic E-state index is 0.791. The lowest BCUT2D eigenvalue weighted by molar-refractivity contribution is 0.797. The second kappa shape index (κ2) is 3.88. The van der Waals surface area contributed by atoms with Crippen LogP contribution in [0.15, 0.2) is 42.6 Å². The van der Waals surface area contributed by atoms with E-state index in [1.807, 2.05) is 24.0 Å². The highest BCUT2D eigenvalue weighted by molar-refractivity contribution is 5.91. The zero-order valence-electron chi connectivity index (χ0n) is 10.5. The summed E-state index contributed by atoms with van der Waals surface area (Å²) < 4.78 is 1.87. The fourth-order valence-corrected chi connectivity index (χ4v) is 2.20. The van der Waals surface area contributed by atoms with Gasteiger partial charge in [0.25, 0.3) is 0 Å². The van der Waals surface area contributed by atoms with E-state index < -0.39 is 0 Å². The quantitative estimate of drug-likeness (QED) is 0.661. The molecule has 0 fully saturated rings. The zero-order chi connectivity index (χ0) is 12.7. The van der Waals surface area contributed by atoms with Crippen LogP contribution in [0.25, 0.3) is 22.0 Å². The highest BCUT2D eigenvalue weighted by Crippen LogP contribution is 2.30. The number of hydrogen-bond acceptors (Lipinski definition) is 2. The molecule has 0 unspecified atom stereocenters. The highest BCUT2D eigenvalue weighted by Gasteiger charge is 2.07. The van der Waals surface area contributed by atoms with E-state index >= 15 is 0 Å². The number of nitrogen functional groups attached to an aromatic ring is 1. The predicted molar refractivity (Wildman–Crippen MR) is 75.3 cm³/mol. The molecule has 18 heavy (non-hydrogen) atoms. The van der Waals surface area contributed by atoms with Crippen LogP contribution >= 0.6 is 0 Å². The lowest BCUT2D eigenvalue weighted by Crippen LogP contribution is -1.93. The second-order valence-corrected chi connectivity index (χ2v) is 4.63. The van der Waals surface area contributed by atoms with E-state index in [1.165, 1.54) is 5.56 Å². The van der Waals surface area contributed by atoms with Crippen molar-refractivity contribution in [1.29, 1.82) is 0 Å². The molecule has 3 nitrogen and oxygen atoms in total. The first-order chi connectivity index (χ1) is 8.65. The van der Waals surface area contributed by atoms with Gasteiger partial charge in [-0.2, -0.15) is 5.10 Å². The van der Waals surface area contributed by atoms with Gasteiger partial charge in [-0.05, 0) is 24.6 Å². The van der Waals surface area contributed by atoms with E-state index in [0.29, 0.717) is 0 Å². The Bertz CT molecular complexity index is 708. The number of fused-ring (bicyclic) bond motifs is 1. The molecule has 2 N–H and O–H groups in total. The maximum atomic E-state index is 6.13. The van der Waals surface area contributed by atoms with Crippen LogP contribution in [0.3, 0.4) is 0 Å². The van der Waals surface area contributed by atoms with Gasteiger partial charge in [0.2, 0.25) is 0 Å². The van der Waals surface area contributed by atoms with Gasteiger partial charge in [-0.3, -0.25) is 4.68 Å². The van der Waals surface area contributed by atoms with Crippen LogP contribution in [-0.4, -0.2) is 9.78 Å². The van der Waals surface area contributed by atoms with Crippen molar-refractivity contribution in [3.8, 4) is 11.1 Å². The van der Waals surface area contributed by atoms with E-state index in [0.717, 1.165) is 27.7 Å². The Balaban J connectivity index is 2.24. The van der Waals surface area contributed by atoms with E-state index in [2.05, 4.69) is 42.4 Å². The lowest BCUT2D eigenvalue weighted by atomic mass is 10.0. The summed E-state index contributed by atoms with van der Waals surface area (Å²) in [5, 5.41) is 5.32. The molecule has 1 aromatic heterocycles. The topological polar surface area (TPSA) is 43.8 Å². The van der Waals surface area contributed by atoms with Gasteiger partial charge in [0.1, 0.15) is 0 Å². The first-order valence-corrected chi connectivity index (χ1v) is 5.93. The molecular formula is C15H15N3. The molecule has 0 spiro atoms. The normalized spacial score (nSPS) is 11.0. The number of benzene rings is 2. The Labute approximate surface area is 106 Å². The lowest BCUT2D eigenvalue weighted by Gasteiger charge is -2.07. The van der Waals surface area contributed by atoms with Crippen molar-refractivity contribution in [2.24, 2.45) is 7.05 Å². The predicted octanol–water partition coefficient (Wildman–Crippen LogP) is 3.13. The van der Waals surface area contributed by atoms with Crippen molar-refractivity contribution in [1.82, 2.24) is 9.78 Å². The molecule has 0 bridgehead atoms. The first-order valence-electron chi connectivity index (χ1n) is 5.93. The molecule has 90 valence electrons. The summed E-state index contributed by atoms with van der Waals surface area (Å²) in [4.78, 5) is 0. The molecule has 3 rings (SSSR count). The van der Waals surface area contributed by atoms with Crippen molar-refractivity contribution in [3.63, 3.8) is 0 Å². The van der Waals surface area contributed by atoms with Crippen LogP contribution < -0.4 is 5.73 Å². The number of aromatic nitrogens is 2. The fraction of sp³-hybridized carbons (Fsp3) is 0.133. The number of aryl methyl sites for hydroxylation is 2. The molecule has 0 aliphatic rings. The van der Waals surface area contributed by atoms with Crippen LogP contribution in [0, 0.1) is 6.92 Å². The number of hydrogen-bond donors (Lipinski definition) is 1. The maximum Gasteiger partial charge on any atom is 0.0686 e. The number of nitrogens with two attached hydrogens (primary N) is 1. The van der Waals surface area contributed by atoms with Crippen molar-refractivity contribution >= 4 is 16.6 Å². The average Bonchev–Trinajstić information content (AvgIpc) is 2.71. The van der Waals surface area contributed by atoms with Gasteiger partial charge in [-0.1, -0.05) is 29.8 Å². The Hall–Kier alpha value is -2.29. The van der Waals surface area contributed by atoms with Crippen LogP contribution in [0.5, 0.6) is 0 Å². The monoisotopic (exact) mass is 237 g/mol. The highest BCUT2D eigenvalue weighted by atomic mass is 15.2. The molecule has 2 aromatic carbocycles. The molecule has 0 saturated carbocycles. The smallest absolute Gasteiger partial charge is 0.0686 e. The molecular weight excluding hydrogens is 222 g/mol. The summed E-state index contributed by atoms with van der Waals surface area (Å²) in [6.07, 6.45) is 1.84. The van der Waals surface area contributed by atoms with Gasteiger partial charge in [-0.25, -0.2) is 0 Å². The third kappa shape index (κ3) is 1.64. The van der Waals surface area contributed by atoms with Crippen LogP contribution in [0.4, 0.5) is 5.69 Å². The minimum atomic E-state index is 0.791. The number of anilines is 1. The summed E-state index contributed by atoms with van der Waals surface area (Å²) >= 11 is 0. The van der Waals surface area contributed by atoms with Gasteiger partial charge in [0, 0.05) is 23.7 Å². The molecule has 3 aromatic rings. The Kier molecular flexibility index (Phi) is 2.33. The van der Waals surface area contributed by atoms with Crippen molar-refractivity contribution in [3.05, 3.63) is 48.2 Å². The van der Waals surface area contributed by atoms with Crippen molar-refractivity contribution in [2.75, 3.05) is 5.73 Å². The number of rotatable bonds is 1. The summed E-state index contributed by atoms with van der Waals surface area (Å²) in [5.74, 6) is 0. The molecule has 0 radical (unpaired) electrons. The van der Waals surface area contributed by atoms with Gasteiger partial charge in [-0.15, -0.1) is 0 Å². The molecule has 0 saturated heterocycles. The summed E-state index contributed by atoms with van der Waals surface area (Å²) in [5.41, 5.74) is 11.5. The third-order valence-electron chi connectivity index (χ3n) is 3.28. The zero-order valence-corrected chi connectivity index (χ0v) is 10.5. The van der Waals surface area contributed by atoms with E-state index in [-0.39, 0.29) is 0 Å². The maximum absolute atomic E-state index is 6.13. The molecule has 0 aliphatic heterocycles. The molecule has 0 amide bonds. The summed E-state index contributed by atoms with van der Waals surface area (Å²) in [6.45, 7) is 2.08. The minimum Gasteiger partial charge on any atom is -0.398 e. The largest absolute Gasteiger partial charge is 0.398 e. The summed E-state index contributed by atoms with van der Waals surface area (Å²) in [7, 11) is 1.94. The van der Waals surface area contributed by atoms with Gasteiger partial charge >= 0.3 is 0 Å².